The molecule has 1 aromatic carbocycles. The highest BCUT2D eigenvalue weighted by molar-refractivity contribution is 7.80. The zero-order valence-electron chi connectivity index (χ0n) is 16.4. The number of nitrogens with zero attached hydrogens (tertiary/aromatic N) is 1. The maximum Gasteiger partial charge on any atom is 0.293 e. The Morgan fingerprint density at radius 1 is 1.07 bits per heavy atom. The van der Waals surface area contributed by atoms with Gasteiger partial charge in [0.05, 0.1) is 4.92 Å². The molecule has 7 nitrogen and oxygen atoms in total. The van der Waals surface area contributed by atoms with E-state index in [1.165, 1.54) is 44.2 Å². The Morgan fingerprint density at radius 2 is 1.77 bits per heavy atom. The van der Waals surface area contributed by atoms with Gasteiger partial charge in [-0.25, -0.2) is 0 Å². The molecular weight excluding hydrogens is 402 g/mol. The van der Waals surface area contributed by atoms with Gasteiger partial charge in [0.25, 0.3) is 11.6 Å². The van der Waals surface area contributed by atoms with Gasteiger partial charge in [0.15, 0.2) is 10.9 Å². The highest BCUT2D eigenvalue weighted by Crippen LogP contribution is 2.53. The van der Waals surface area contributed by atoms with Crippen LogP contribution in [0, 0.1) is 33.8 Å². The van der Waals surface area contributed by atoms with Crippen LogP contribution in [-0.2, 0) is 0 Å². The average molecular weight is 426 g/mol. The van der Waals surface area contributed by atoms with Crippen molar-refractivity contribution in [1.82, 2.24) is 10.6 Å². The van der Waals surface area contributed by atoms with Crippen LogP contribution in [-0.4, -0.2) is 22.0 Å². The molecule has 4 aliphatic rings. The van der Waals surface area contributed by atoms with Crippen LogP contribution in [0.1, 0.15) is 42.7 Å². The normalized spacial score (nSPS) is 28.9. The lowest BCUT2D eigenvalue weighted by Crippen LogP contribution is -2.57. The summed E-state index contributed by atoms with van der Waals surface area (Å²) in [7, 11) is 0. The van der Waals surface area contributed by atoms with E-state index >= 15 is 0 Å². The van der Waals surface area contributed by atoms with Crippen molar-refractivity contribution in [2.75, 3.05) is 0 Å². The van der Waals surface area contributed by atoms with E-state index in [9.17, 15) is 14.9 Å². The molecule has 2 aromatic rings. The summed E-state index contributed by atoms with van der Waals surface area (Å²) in [6.45, 7) is 0. The van der Waals surface area contributed by atoms with Crippen LogP contribution in [0.5, 0.6) is 0 Å². The number of hydrogen-bond donors (Lipinski definition) is 2. The smallest absolute Gasteiger partial charge is 0.293 e. The largest absolute Gasteiger partial charge is 0.451 e. The van der Waals surface area contributed by atoms with Crippen LogP contribution in [0.25, 0.3) is 11.3 Å². The van der Waals surface area contributed by atoms with Gasteiger partial charge in [-0.05, 0) is 80.1 Å². The fourth-order valence-corrected chi connectivity index (χ4v) is 6.13. The van der Waals surface area contributed by atoms with Gasteiger partial charge < -0.3 is 9.73 Å². The van der Waals surface area contributed by atoms with Crippen molar-refractivity contribution in [2.45, 2.75) is 38.1 Å². The number of nitrogens with one attached hydrogen (secondary N) is 2. The summed E-state index contributed by atoms with van der Waals surface area (Å²) in [4.78, 5) is 23.1. The fourth-order valence-electron chi connectivity index (χ4n) is 5.90. The number of carbonyl (C=O) groups is 1. The number of carbonyl (C=O) groups excluding carboxylic acids is 1. The minimum atomic E-state index is -0.464. The first-order valence-corrected chi connectivity index (χ1v) is 10.8. The number of benzene rings is 1. The summed E-state index contributed by atoms with van der Waals surface area (Å²) in [5, 5.41) is 17.4. The molecule has 0 radical (unpaired) electrons. The topological polar surface area (TPSA) is 97.4 Å². The zero-order valence-corrected chi connectivity index (χ0v) is 17.2. The molecule has 1 aromatic heterocycles. The zero-order chi connectivity index (χ0) is 20.8. The molecule has 8 heteroatoms. The second-order valence-electron chi connectivity index (χ2n) is 8.86. The van der Waals surface area contributed by atoms with Crippen molar-refractivity contribution < 1.29 is 14.1 Å². The molecular formula is C22H23N3O4S. The van der Waals surface area contributed by atoms with Crippen LogP contribution in [0.15, 0.2) is 40.8 Å². The van der Waals surface area contributed by atoms with Crippen LogP contribution in [0.4, 0.5) is 5.69 Å². The molecule has 1 amide bonds. The number of rotatable bonds is 4. The Kier molecular flexibility index (Phi) is 4.81. The Hall–Kier alpha value is -2.74. The van der Waals surface area contributed by atoms with E-state index in [1.807, 2.05) is 0 Å². The Balaban J connectivity index is 1.22. The van der Waals surface area contributed by atoms with Crippen LogP contribution < -0.4 is 10.6 Å². The van der Waals surface area contributed by atoms with Gasteiger partial charge in [0.1, 0.15) is 5.76 Å². The predicted molar refractivity (Wildman–Crippen MR) is 115 cm³/mol. The number of nitro benzene ring substituents is 1. The third-order valence-electron chi connectivity index (χ3n) is 6.92. The lowest BCUT2D eigenvalue weighted by Gasteiger charge is -2.54. The highest BCUT2D eigenvalue weighted by atomic mass is 32.1. The monoisotopic (exact) mass is 425 g/mol. The van der Waals surface area contributed by atoms with E-state index in [2.05, 4.69) is 10.6 Å². The van der Waals surface area contributed by atoms with Crippen molar-refractivity contribution in [3.05, 3.63) is 52.3 Å². The van der Waals surface area contributed by atoms with Crippen molar-refractivity contribution in [3.8, 4) is 11.3 Å². The number of amides is 1. The summed E-state index contributed by atoms with van der Waals surface area (Å²) in [6, 6.07) is 9.64. The summed E-state index contributed by atoms with van der Waals surface area (Å²) >= 11 is 5.42. The van der Waals surface area contributed by atoms with Crippen LogP contribution in [0.2, 0.25) is 0 Å². The van der Waals surface area contributed by atoms with Gasteiger partial charge in [-0.1, -0.05) is 12.1 Å². The lowest BCUT2D eigenvalue weighted by molar-refractivity contribution is -0.384. The first kappa shape index (κ1) is 19.2. The van der Waals surface area contributed by atoms with E-state index in [1.54, 1.807) is 24.3 Å². The number of hydrogen-bond acceptors (Lipinski definition) is 5. The molecule has 4 aliphatic carbocycles. The van der Waals surface area contributed by atoms with Crippen molar-refractivity contribution in [3.63, 3.8) is 0 Å². The summed E-state index contributed by atoms with van der Waals surface area (Å²) in [6.07, 6.45) is 6.47. The molecule has 0 saturated heterocycles. The van der Waals surface area contributed by atoms with Crippen LogP contribution >= 0.6 is 12.2 Å². The number of non-ortho nitro benzene ring substituents is 1. The average Bonchev–Trinajstić information content (AvgIpc) is 3.21. The van der Waals surface area contributed by atoms with Gasteiger partial charge in [-0.3, -0.25) is 20.2 Å². The van der Waals surface area contributed by atoms with E-state index in [4.69, 9.17) is 16.6 Å². The van der Waals surface area contributed by atoms with Crippen LogP contribution in [0.3, 0.4) is 0 Å². The maximum atomic E-state index is 12.6. The maximum absolute atomic E-state index is 12.6. The Morgan fingerprint density at radius 3 is 2.43 bits per heavy atom. The number of furan rings is 1. The predicted octanol–water partition coefficient (Wildman–Crippen LogP) is 4.28. The highest BCUT2D eigenvalue weighted by Gasteiger charge is 2.48. The van der Waals surface area contributed by atoms with E-state index in [0.29, 0.717) is 34.3 Å². The molecule has 0 unspecified atom stereocenters. The first-order chi connectivity index (χ1) is 14.5. The van der Waals surface area contributed by atoms with Gasteiger partial charge in [0, 0.05) is 23.7 Å². The van der Waals surface area contributed by atoms with Crippen molar-refractivity contribution >= 4 is 28.9 Å². The minimum absolute atomic E-state index is 0.0315. The summed E-state index contributed by atoms with van der Waals surface area (Å²) in [5.74, 6) is 3.15. The first-order valence-electron chi connectivity index (χ1n) is 10.4. The molecule has 30 heavy (non-hydrogen) atoms. The number of thiocarbonyl (C=S) groups is 1. The third-order valence-corrected chi connectivity index (χ3v) is 7.14. The van der Waals surface area contributed by atoms with Gasteiger partial charge in [-0.15, -0.1) is 0 Å². The van der Waals surface area contributed by atoms with Gasteiger partial charge in [-0.2, -0.15) is 0 Å². The second kappa shape index (κ2) is 7.50. The van der Waals surface area contributed by atoms with Gasteiger partial charge in [0.2, 0.25) is 0 Å². The summed E-state index contributed by atoms with van der Waals surface area (Å²) in [5.41, 5.74) is 0.508. The molecule has 4 bridgehead atoms. The fraction of sp³-hybridized carbons (Fsp3) is 0.455. The Bertz CT molecular complexity index is 989. The molecule has 156 valence electrons. The molecule has 1 heterocycles. The standard InChI is InChI=1S/C22H23N3O4S/c26-21(19-5-4-18(29-19)14-2-1-3-17(11-14)25(27)28)24-22(30)23-20-15-7-12-6-13(9-15)10-16(20)8-12/h1-5,11-13,15-16,20H,6-10H2,(H2,23,24,26,30). The molecule has 4 fully saturated rings. The van der Waals surface area contributed by atoms with Crippen molar-refractivity contribution in [2.24, 2.45) is 23.7 Å². The quantitative estimate of drug-likeness (QED) is 0.431. The minimum Gasteiger partial charge on any atom is -0.451 e. The SMILES string of the molecule is O=C(NC(=S)NC1C2CC3CC(C2)CC1C3)c1ccc(-c2cccc([N+](=O)[O-])c2)o1. The Labute approximate surface area is 179 Å². The number of nitro groups is 1. The third kappa shape index (κ3) is 3.60. The van der Waals surface area contributed by atoms with E-state index in [-0.39, 0.29) is 11.4 Å². The molecule has 4 saturated carbocycles. The van der Waals surface area contributed by atoms with Gasteiger partial charge >= 0.3 is 0 Å². The molecule has 2 N–H and O–H groups in total. The van der Waals surface area contributed by atoms with Crippen molar-refractivity contribution in [1.29, 1.82) is 0 Å². The van der Waals surface area contributed by atoms with E-state index < -0.39 is 10.8 Å². The molecule has 0 atom stereocenters. The molecule has 0 spiro atoms. The molecule has 0 aliphatic heterocycles. The second-order valence-corrected chi connectivity index (χ2v) is 9.26. The lowest BCUT2D eigenvalue weighted by atomic mass is 9.54. The molecule has 6 rings (SSSR count). The van der Waals surface area contributed by atoms with E-state index in [0.717, 1.165) is 11.8 Å². The summed E-state index contributed by atoms with van der Waals surface area (Å²) < 4.78 is 5.63.